The van der Waals surface area contributed by atoms with Gasteiger partial charge in [0.2, 0.25) is 0 Å². The lowest BCUT2D eigenvalue weighted by molar-refractivity contribution is -0.176. The predicted molar refractivity (Wildman–Crippen MR) is 132 cm³/mol. The van der Waals surface area contributed by atoms with Gasteiger partial charge >= 0.3 is 0 Å². The molecule has 0 aliphatic heterocycles. The molecule has 0 spiro atoms. The van der Waals surface area contributed by atoms with Gasteiger partial charge in [-0.1, -0.05) is 38.5 Å². The van der Waals surface area contributed by atoms with Gasteiger partial charge in [0.1, 0.15) is 18.0 Å². The summed E-state index contributed by atoms with van der Waals surface area (Å²) in [4.78, 5) is 39.7. The number of carbonyl (C=O) groups excluding carboxylic acids is 3. The maximum atomic E-state index is 14.1. The highest BCUT2D eigenvalue weighted by Gasteiger charge is 2.71. The number of rotatable bonds is 4. The molecule has 0 bridgehead atoms. The van der Waals surface area contributed by atoms with Crippen molar-refractivity contribution in [2.45, 2.75) is 98.4 Å². The Morgan fingerprint density at radius 1 is 1.14 bits per heavy atom. The molecule has 0 saturated heterocycles. The van der Waals surface area contributed by atoms with Crippen molar-refractivity contribution in [2.75, 3.05) is 0 Å². The van der Waals surface area contributed by atoms with Crippen molar-refractivity contribution in [1.29, 1.82) is 0 Å². The van der Waals surface area contributed by atoms with Crippen LogP contribution in [-0.4, -0.2) is 50.5 Å². The van der Waals surface area contributed by atoms with E-state index >= 15 is 0 Å². The third-order valence-electron chi connectivity index (χ3n) is 10.8. The lowest BCUT2D eigenvalue weighted by Gasteiger charge is -2.64. The van der Waals surface area contributed by atoms with Crippen LogP contribution in [0.2, 0.25) is 0 Å². The highest BCUT2D eigenvalue weighted by molar-refractivity contribution is 5.95. The summed E-state index contributed by atoms with van der Waals surface area (Å²) in [7, 11) is 0. The van der Waals surface area contributed by atoms with Crippen molar-refractivity contribution in [1.82, 2.24) is 0 Å². The molecule has 0 aromatic rings. The Balaban J connectivity index is 1.72. The molecule has 4 aliphatic carbocycles. The normalized spacial score (nSPS) is 43.9. The van der Waals surface area contributed by atoms with Crippen LogP contribution in [0.25, 0.3) is 0 Å². The van der Waals surface area contributed by atoms with Crippen LogP contribution in [0.5, 0.6) is 0 Å². The number of ketones is 3. The standard InChI is InChI=1S/C29H42O6/c1-25(2,35)12-11-19(30)23(33)17-10-13-27(5)21-9-8-16-18(14-20(31)24(34)26(16,3)4)29(21,7)22(32)15-28(17,27)6/h8,11-12,17-18,20-21,23,31,33,35H,9-10,13-15H2,1-7H3/b12-11+. The molecule has 6 heteroatoms. The molecule has 0 amide bonds. The van der Waals surface area contributed by atoms with E-state index in [9.17, 15) is 29.7 Å². The van der Waals surface area contributed by atoms with E-state index in [1.54, 1.807) is 13.8 Å². The summed E-state index contributed by atoms with van der Waals surface area (Å²) in [6, 6.07) is 0. The number of hydrogen-bond acceptors (Lipinski definition) is 6. The molecule has 4 aliphatic rings. The first-order valence-corrected chi connectivity index (χ1v) is 13.0. The molecule has 35 heavy (non-hydrogen) atoms. The van der Waals surface area contributed by atoms with Gasteiger partial charge in [0.15, 0.2) is 11.6 Å². The topological polar surface area (TPSA) is 112 Å². The summed E-state index contributed by atoms with van der Waals surface area (Å²) in [5.74, 6) is -1.08. The average Bonchev–Trinajstić information content (AvgIpc) is 3.01. The van der Waals surface area contributed by atoms with Gasteiger partial charge in [0.25, 0.3) is 0 Å². The van der Waals surface area contributed by atoms with Gasteiger partial charge in [-0.2, -0.15) is 0 Å². The number of Topliss-reactive ketones (excluding diaryl/α,β-unsaturated/α-hetero) is 2. The zero-order chi connectivity index (χ0) is 26.4. The molecule has 0 aromatic heterocycles. The van der Waals surface area contributed by atoms with Crippen molar-refractivity contribution in [3.8, 4) is 0 Å². The molecule has 8 atom stereocenters. The highest BCUT2D eigenvalue weighted by atomic mass is 16.3. The first kappa shape index (κ1) is 26.4. The zero-order valence-corrected chi connectivity index (χ0v) is 22.2. The number of aliphatic hydroxyl groups is 3. The lowest BCUT2D eigenvalue weighted by atomic mass is 9.39. The van der Waals surface area contributed by atoms with Crippen LogP contribution in [0.4, 0.5) is 0 Å². The third kappa shape index (κ3) is 3.58. The van der Waals surface area contributed by atoms with Crippen molar-refractivity contribution in [2.24, 2.45) is 39.4 Å². The second-order valence-electron chi connectivity index (χ2n) is 13.4. The molecule has 0 aromatic carbocycles. The van der Waals surface area contributed by atoms with Crippen LogP contribution in [0.3, 0.4) is 0 Å². The van der Waals surface area contributed by atoms with Crippen LogP contribution < -0.4 is 0 Å². The second-order valence-corrected chi connectivity index (χ2v) is 13.4. The Bertz CT molecular complexity index is 1010. The number of hydrogen-bond donors (Lipinski definition) is 3. The Labute approximate surface area is 208 Å². The monoisotopic (exact) mass is 486 g/mol. The van der Waals surface area contributed by atoms with Gasteiger partial charge in [0.05, 0.1) is 5.60 Å². The van der Waals surface area contributed by atoms with Gasteiger partial charge in [-0.15, -0.1) is 0 Å². The number of aliphatic hydroxyl groups excluding tert-OH is 2. The fourth-order valence-corrected chi connectivity index (χ4v) is 8.46. The molecule has 3 fully saturated rings. The van der Waals surface area contributed by atoms with E-state index in [2.05, 4.69) is 19.9 Å². The Hall–Kier alpha value is -1.63. The van der Waals surface area contributed by atoms with Crippen LogP contribution in [-0.2, 0) is 14.4 Å². The number of carbonyl (C=O) groups is 3. The minimum Gasteiger partial charge on any atom is -0.386 e. The lowest BCUT2D eigenvalue weighted by Crippen LogP contribution is -2.64. The molecule has 6 nitrogen and oxygen atoms in total. The molecular weight excluding hydrogens is 444 g/mol. The Morgan fingerprint density at radius 3 is 2.37 bits per heavy atom. The van der Waals surface area contributed by atoms with Gasteiger partial charge in [-0.05, 0) is 88.0 Å². The first-order chi connectivity index (χ1) is 15.9. The average molecular weight is 487 g/mol. The van der Waals surface area contributed by atoms with Crippen molar-refractivity contribution in [3.05, 3.63) is 23.8 Å². The number of fused-ring (bicyclic) bond motifs is 5. The summed E-state index contributed by atoms with van der Waals surface area (Å²) in [6.45, 7) is 13.1. The highest BCUT2D eigenvalue weighted by Crippen LogP contribution is 2.73. The minimum absolute atomic E-state index is 0.00887. The zero-order valence-electron chi connectivity index (χ0n) is 22.2. The maximum Gasteiger partial charge on any atom is 0.184 e. The van der Waals surface area contributed by atoms with Crippen LogP contribution in [0, 0.1) is 39.4 Å². The van der Waals surface area contributed by atoms with Gasteiger partial charge < -0.3 is 15.3 Å². The van der Waals surface area contributed by atoms with E-state index in [0.29, 0.717) is 12.8 Å². The van der Waals surface area contributed by atoms with E-state index in [1.165, 1.54) is 12.2 Å². The molecule has 3 saturated carbocycles. The van der Waals surface area contributed by atoms with Gasteiger partial charge in [-0.3, -0.25) is 14.4 Å². The molecular formula is C29H42O6. The minimum atomic E-state index is -1.24. The molecule has 8 unspecified atom stereocenters. The maximum absolute atomic E-state index is 14.1. The summed E-state index contributed by atoms with van der Waals surface area (Å²) in [5.41, 5.74) is -2.53. The quantitative estimate of drug-likeness (QED) is 0.414. The molecule has 0 radical (unpaired) electrons. The Kier molecular flexibility index (Phi) is 5.99. The van der Waals surface area contributed by atoms with E-state index < -0.39 is 39.8 Å². The largest absolute Gasteiger partial charge is 0.386 e. The number of allylic oxidation sites excluding steroid dienone is 2. The summed E-state index contributed by atoms with van der Waals surface area (Å²) >= 11 is 0. The smallest absolute Gasteiger partial charge is 0.184 e. The van der Waals surface area contributed by atoms with E-state index in [0.717, 1.165) is 12.0 Å². The van der Waals surface area contributed by atoms with Crippen molar-refractivity contribution >= 4 is 17.3 Å². The SMILES string of the molecule is CC(C)(O)/C=C/C(=O)C(O)C1CCC2(C)C3CC=C4C(CC(O)C(=O)C4(C)C)C3(C)C(=O)CC12C. The van der Waals surface area contributed by atoms with E-state index in [1.807, 2.05) is 20.8 Å². The third-order valence-corrected chi connectivity index (χ3v) is 10.8. The molecule has 194 valence electrons. The first-order valence-electron chi connectivity index (χ1n) is 13.0. The van der Waals surface area contributed by atoms with Crippen LogP contribution >= 0.6 is 0 Å². The summed E-state index contributed by atoms with van der Waals surface area (Å²) in [6.07, 6.45) is 5.12. The summed E-state index contributed by atoms with van der Waals surface area (Å²) in [5, 5.41) is 31.7. The second kappa shape index (κ2) is 7.93. The van der Waals surface area contributed by atoms with E-state index in [4.69, 9.17) is 0 Å². The van der Waals surface area contributed by atoms with E-state index in [-0.39, 0.29) is 47.6 Å². The molecule has 3 N–H and O–H groups in total. The van der Waals surface area contributed by atoms with Crippen LogP contribution in [0.15, 0.2) is 23.8 Å². The van der Waals surface area contributed by atoms with Crippen molar-refractivity contribution < 1.29 is 29.7 Å². The molecule has 0 heterocycles. The van der Waals surface area contributed by atoms with Gasteiger partial charge in [0, 0.05) is 17.3 Å². The van der Waals surface area contributed by atoms with Gasteiger partial charge in [-0.25, -0.2) is 0 Å². The Morgan fingerprint density at radius 2 is 1.77 bits per heavy atom. The fourth-order valence-electron chi connectivity index (χ4n) is 8.46. The predicted octanol–water partition coefficient (Wildman–Crippen LogP) is 3.57. The molecule has 4 rings (SSSR count). The van der Waals surface area contributed by atoms with Crippen LogP contribution in [0.1, 0.15) is 80.6 Å². The fraction of sp³-hybridized carbons (Fsp3) is 0.759. The van der Waals surface area contributed by atoms with Crippen molar-refractivity contribution in [3.63, 3.8) is 0 Å². The summed E-state index contributed by atoms with van der Waals surface area (Å²) < 4.78 is 0.